The summed E-state index contributed by atoms with van der Waals surface area (Å²) in [7, 11) is 0. The number of rotatable bonds is 4. The molecule has 1 aliphatic rings. The van der Waals surface area contributed by atoms with Crippen molar-refractivity contribution in [3.05, 3.63) is 12.2 Å². The summed E-state index contributed by atoms with van der Waals surface area (Å²) in [6.45, 7) is 4.26. The highest BCUT2D eigenvalue weighted by Crippen LogP contribution is 2.29. The van der Waals surface area contributed by atoms with Crippen LogP contribution in [-0.4, -0.2) is 5.78 Å². The molecule has 0 amide bonds. The third-order valence-electron chi connectivity index (χ3n) is 2.98. The quantitative estimate of drug-likeness (QED) is 0.479. The first-order valence-electron chi connectivity index (χ1n) is 5.45. The van der Waals surface area contributed by atoms with Gasteiger partial charge in [0.05, 0.1) is 0 Å². The number of hydrogen-bond acceptors (Lipinski definition) is 1. The number of hydrogen-bond donors (Lipinski definition) is 0. The van der Waals surface area contributed by atoms with Crippen LogP contribution < -0.4 is 0 Å². The van der Waals surface area contributed by atoms with Gasteiger partial charge in [0.25, 0.3) is 0 Å². The van der Waals surface area contributed by atoms with Crippen LogP contribution in [0.5, 0.6) is 0 Å². The molecule has 0 radical (unpaired) electrons. The van der Waals surface area contributed by atoms with E-state index in [2.05, 4.69) is 26.0 Å². The van der Waals surface area contributed by atoms with Crippen LogP contribution in [0.4, 0.5) is 0 Å². The van der Waals surface area contributed by atoms with Crippen molar-refractivity contribution in [2.75, 3.05) is 0 Å². The van der Waals surface area contributed by atoms with Crippen molar-refractivity contribution in [1.82, 2.24) is 0 Å². The molecule has 0 saturated heterocycles. The van der Waals surface area contributed by atoms with Crippen molar-refractivity contribution in [3.63, 3.8) is 0 Å². The summed E-state index contributed by atoms with van der Waals surface area (Å²) >= 11 is 0. The standard InChI is InChI=1S/C12H20O/c1-3-4-5-6-7-11-8-9-12(13)10(11)2/h6-7,10-11H,3-5,8-9H2,1-2H3/b7-6+/t10-,11+/m1/s1. The highest BCUT2D eigenvalue weighted by molar-refractivity contribution is 5.83. The van der Waals surface area contributed by atoms with Crippen LogP contribution in [-0.2, 0) is 4.79 Å². The molecule has 74 valence electrons. The first kappa shape index (κ1) is 10.5. The Bertz CT molecular complexity index is 193. The van der Waals surface area contributed by atoms with E-state index in [0.717, 1.165) is 12.8 Å². The van der Waals surface area contributed by atoms with E-state index in [9.17, 15) is 4.79 Å². The lowest BCUT2D eigenvalue weighted by Crippen LogP contribution is -2.07. The number of Topliss-reactive ketones (excluding diaryl/α,β-unsaturated/α-hetero) is 1. The third kappa shape index (κ3) is 2.98. The van der Waals surface area contributed by atoms with Crippen molar-refractivity contribution in [3.8, 4) is 0 Å². The van der Waals surface area contributed by atoms with Crippen molar-refractivity contribution >= 4 is 5.78 Å². The fourth-order valence-electron chi connectivity index (χ4n) is 1.88. The Morgan fingerprint density at radius 2 is 2.31 bits per heavy atom. The summed E-state index contributed by atoms with van der Waals surface area (Å²) in [5.74, 6) is 1.26. The van der Waals surface area contributed by atoms with E-state index >= 15 is 0 Å². The topological polar surface area (TPSA) is 17.1 Å². The van der Waals surface area contributed by atoms with E-state index in [1.807, 2.05) is 0 Å². The summed E-state index contributed by atoms with van der Waals surface area (Å²) in [5.41, 5.74) is 0. The Kier molecular flexibility index (Phi) is 4.20. The lowest BCUT2D eigenvalue weighted by atomic mass is 9.97. The maximum Gasteiger partial charge on any atom is 0.136 e. The zero-order valence-electron chi connectivity index (χ0n) is 8.75. The molecule has 1 nitrogen and oxygen atoms in total. The van der Waals surface area contributed by atoms with Gasteiger partial charge in [-0.3, -0.25) is 4.79 Å². The minimum absolute atomic E-state index is 0.276. The van der Waals surface area contributed by atoms with Crippen LogP contribution in [0.1, 0.15) is 46.0 Å². The molecule has 0 aliphatic heterocycles. The van der Waals surface area contributed by atoms with Gasteiger partial charge in [0.15, 0.2) is 0 Å². The highest BCUT2D eigenvalue weighted by Gasteiger charge is 2.28. The zero-order chi connectivity index (χ0) is 9.68. The Labute approximate surface area is 81.2 Å². The van der Waals surface area contributed by atoms with Gasteiger partial charge in [-0.25, -0.2) is 0 Å². The molecule has 1 heteroatoms. The Morgan fingerprint density at radius 1 is 1.54 bits per heavy atom. The first-order chi connectivity index (χ1) is 6.25. The second-order valence-electron chi connectivity index (χ2n) is 4.03. The van der Waals surface area contributed by atoms with Crippen LogP contribution in [0.25, 0.3) is 0 Å². The summed E-state index contributed by atoms with van der Waals surface area (Å²) in [6, 6.07) is 0. The molecule has 0 bridgehead atoms. The second kappa shape index (κ2) is 5.21. The lowest BCUT2D eigenvalue weighted by Gasteiger charge is -2.07. The molecule has 0 unspecified atom stereocenters. The van der Waals surface area contributed by atoms with Crippen LogP contribution in [0.2, 0.25) is 0 Å². The molecule has 0 aromatic rings. The molecule has 0 heterocycles. The third-order valence-corrected chi connectivity index (χ3v) is 2.98. The maximum atomic E-state index is 11.2. The SMILES string of the molecule is CCCC/C=C/[C@H]1CCC(=O)[C@@H]1C. The van der Waals surface area contributed by atoms with Gasteiger partial charge >= 0.3 is 0 Å². The van der Waals surface area contributed by atoms with Crippen LogP contribution in [0, 0.1) is 11.8 Å². The van der Waals surface area contributed by atoms with Gasteiger partial charge in [0, 0.05) is 12.3 Å². The molecular formula is C12H20O. The van der Waals surface area contributed by atoms with E-state index < -0.39 is 0 Å². The predicted molar refractivity (Wildman–Crippen MR) is 55.6 cm³/mol. The number of unbranched alkanes of at least 4 members (excludes halogenated alkanes) is 2. The van der Waals surface area contributed by atoms with E-state index in [-0.39, 0.29) is 5.92 Å². The molecule has 1 rings (SSSR count). The number of ketones is 1. The smallest absolute Gasteiger partial charge is 0.136 e. The molecule has 1 fully saturated rings. The van der Waals surface area contributed by atoms with Crippen molar-refractivity contribution in [2.24, 2.45) is 11.8 Å². The van der Waals surface area contributed by atoms with Gasteiger partial charge < -0.3 is 0 Å². The van der Waals surface area contributed by atoms with Crippen molar-refractivity contribution in [2.45, 2.75) is 46.0 Å². The molecule has 0 aromatic heterocycles. The molecule has 1 aliphatic carbocycles. The van der Waals surface area contributed by atoms with Gasteiger partial charge in [-0.15, -0.1) is 0 Å². The number of carbonyl (C=O) groups is 1. The Morgan fingerprint density at radius 3 is 2.85 bits per heavy atom. The second-order valence-corrected chi connectivity index (χ2v) is 4.03. The molecule has 0 N–H and O–H groups in total. The Hall–Kier alpha value is -0.590. The minimum Gasteiger partial charge on any atom is -0.299 e. The summed E-state index contributed by atoms with van der Waals surface area (Å²) < 4.78 is 0. The van der Waals surface area contributed by atoms with E-state index in [0.29, 0.717) is 11.7 Å². The van der Waals surface area contributed by atoms with Crippen molar-refractivity contribution < 1.29 is 4.79 Å². The van der Waals surface area contributed by atoms with Crippen LogP contribution in [0.15, 0.2) is 12.2 Å². The Balaban J connectivity index is 2.29. The number of allylic oxidation sites excluding steroid dienone is 2. The molecule has 1 saturated carbocycles. The van der Waals surface area contributed by atoms with E-state index in [1.54, 1.807) is 0 Å². The monoisotopic (exact) mass is 180 g/mol. The van der Waals surface area contributed by atoms with Gasteiger partial charge in [0.1, 0.15) is 5.78 Å². The van der Waals surface area contributed by atoms with Gasteiger partial charge in [-0.2, -0.15) is 0 Å². The fraction of sp³-hybridized carbons (Fsp3) is 0.750. The minimum atomic E-state index is 0.276. The van der Waals surface area contributed by atoms with Gasteiger partial charge in [-0.1, -0.05) is 38.8 Å². The average Bonchev–Trinajstić information content (AvgIpc) is 2.43. The zero-order valence-corrected chi connectivity index (χ0v) is 8.75. The molecular weight excluding hydrogens is 160 g/mol. The summed E-state index contributed by atoms with van der Waals surface area (Å²) in [4.78, 5) is 11.2. The van der Waals surface area contributed by atoms with Crippen LogP contribution in [0.3, 0.4) is 0 Å². The van der Waals surface area contributed by atoms with Gasteiger partial charge in [0.2, 0.25) is 0 Å². The lowest BCUT2D eigenvalue weighted by molar-refractivity contribution is -0.120. The predicted octanol–water partition coefficient (Wildman–Crippen LogP) is 3.35. The summed E-state index contributed by atoms with van der Waals surface area (Å²) in [5, 5.41) is 0. The average molecular weight is 180 g/mol. The molecule has 0 spiro atoms. The maximum absolute atomic E-state index is 11.2. The fourth-order valence-corrected chi connectivity index (χ4v) is 1.88. The molecule has 2 atom stereocenters. The largest absolute Gasteiger partial charge is 0.299 e. The van der Waals surface area contributed by atoms with Gasteiger partial charge in [-0.05, 0) is 18.8 Å². The first-order valence-corrected chi connectivity index (χ1v) is 5.45. The molecule has 13 heavy (non-hydrogen) atoms. The van der Waals surface area contributed by atoms with Crippen molar-refractivity contribution in [1.29, 1.82) is 0 Å². The van der Waals surface area contributed by atoms with Crippen LogP contribution >= 0.6 is 0 Å². The van der Waals surface area contributed by atoms with E-state index in [1.165, 1.54) is 19.3 Å². The normalized spacial score (nSPS) is 28.9. The molecule has 0 aromatic carbocycles. The summed E-state index contributed by atoms with van der Waals surface area (Å²) in [6.07, 6.45) is 10.1. The van der Waals surface area contributed by atoms with E-state index in [4.69, 9.17) is 0 Å². The highest BCUT2D eigenvalue weighted by atomic mass is 16.1. The number of carbonyl (C=O) groups excluding carboxylic acids is 1.